The molecule has 1 aromatic carbocycles. The van der Waals surface area contributed by atoms with Gasteiger partial charge in [-0.1, -0.05) is 0 Å². The number of anilines is 1. The normalized spacial score (nSPS) is 10.4. The average Bonchev–Trinajstić information content (AvgIpc) is 3.10. The van der Waals surface area contributed by atoms with Crippen LogP contribution in [0.5, 0.6) is 17.2 Å². The molecule has 33 heavy (non-hydrogen) atoms. The van der Waals surface area contributed by atoms with Gasteiger partial charge in [-0.05, 0) is 45.4 Å². The molecule has 2 aromatic rings. The molecule has 0 fully saturated rings. The van der Waals surface area contributed by atoms with Gasteiger partial charge in [0.25, 0.3) is 11.8 Å². The van der Waals surface area contributed by atoms with Crippen molar-refractivity contribution in [1.29, 1.82) is 0 Å². The second-order valence-corrected chi connectivity index (χ2v) is 8.03. The number of carbonyl (C=O) groups excluding carboxylic acids is 3. The fourth-order valence-corrected chi connectivity index (χ4v) is 4.26. The molecule has 1 aromatic heterocycles. The van der Waals surface area contributed by atoms with Crippen LogP contribution in [-0.2, 0) is 4.74 Å². The van der Waals surface area contributed by atoms with Crippen molar-refractivity contribution in [2.75, 3.05) is 46.3 Å². The summed E-state index contributed by atoms with van der Waals surface area (Å²) in [6, 6.07) is 3.10. The van der Waals surface area contributed by atoms with E-state index in [2.05, 4.69) is 5.32 Å². The summed E-state index contributed by atoms with van der Waals surface area (Å²) in [7, 11) is 4.47. The van der Waals surface area contributed by atoms with Gasteiger partial charge in [-0.3, -0.25) is 9.59 Å². The Bertz CT molecular complexity index is 1000. The number of nitrogens with zero attached hydrogens (tertiary/aromatic N) is 1. The van der Waals surface area contributed by atoms with E-state index in [1.165, 1.54) is 12.0 Å². The Kier molecular flexibility index (Phi) is 9.10. The molecule has 0 unspecified atom stereocenters. The minimum Gasteiger partial charge on any atom is -0.490 e. The number of hydrogen-bond acceptors (Lipinski definition) is 8. The van der Waals surface area contributed by atoms with Crippen molar-refractivity contribution in [2.45, 2.75) is 27.7 Å². The first-order valence-corrected chi connectivity index (χ1v) is 11.3. The van der Waals surface area contributed by atoms with Crippen molar-refractivity contribution in [1.82, 2.24) is 4.90 Å². The van der Waals surface area contributed by atoms with Crippen LogP contribution in [0.3, 0.4) is 0 Å². The predicted octanol–water partition coefficient (Wildman–Crippen LogP) is 3.99. The number of rotatable bonds is 10. The van der Waals surface area contributed by atoms with Gasteiger partial charge in [-0.2, -0.15) is 0 Å². The van der Waals surface area contributed by atoms with Crippen LogP contribution in [0.2, 0.25) is 0 Å². The van der Waals surface area contributed by atoms with Gasteiger partial charge in [0, 0.05) is 19.7 Å². The molecule has 0 spiro atoms. The minimum absolute atomic E-state index is 0.141. The molecule has 0 radical (unpaired) electrons. The maximum absolute atomic E-state index is 13.2. The van der Waals surface area contributed by atoms with E-state index < -0.39 is 11.9 Å². The van der Waals surface area contributed by atoms with Crippen molar-refractivity contribution in [3.8, 4) is 17.2 Å². The molecule has 10 heteroatoms. The Labute approximate surface area is 197 Å². The van der Waals surface area contributed by atoms with Gasteiger partial charge >= 0.3 is 5.97 Å². The van der Waals surface area contributed by atoms with Crippen LogP contribution in [-0.4, -0.2) is 63.7 Å². The van der Waals surface area contributed by atoms with Crippen molar-refractivity contribution < 1.29 is 33.3 Å². The van der Waals surface area contributed by atoms with E-state index in [1.807, 2.05) is 20.8 Å². The molecule has 2 rings (SSSR count). The topological polar surface area (TPSA) is 103 Å². The standard InChI is InChI=1S/C23H30N2O7S/c1-8-30-15-11-14(12-16(31-9-2)18(15)32-10-3)20(26)24-21-17(23(28)29-7)13(4)19(33-21)22(27)25(5)6/h11-12H,8-10H2,1-7H3,(H,24,26). The highest BCUT2D eigenvalue weighted by molar-refractivity contribution is 7.18. The number of benzene rings is 1. The lowest BCUT2D eigenvalue weighted by Crippen LogP contribution is -2.21. The molecule has 1 heterocycles. The maximum atomic E-state index is 13.2. The first kappa shape index (κ1) is 26.0. The highest BCUT2D eigenvalue weighted by Crippen LogP contribution is 2.40. The van der Waals surface area contributed by atoms with Crippen LogP contribution in [0, 0.1) is 6.92 Å². The molecule has 0 aliphatic rings. The van der Waals surface area contributed by atoms with Crippen molar-refractivity contribution in [2.24, 2.45) is 0 Å². The lowest BCUT2D eigenvalue weighted by Gasteiger charge is -2.17. The minimum atomic E-state index is -0.645. The molecule has 0 aliphatic carbocycles. The van der Waals surface area contributed by atoms with Gasteiger partial charge < -0.3 is 29.2 Å². The lowest BCUT2D eigenvalue weighted by atomic mass is 10.1. The Balaban J connectivity index is 2.54. The van der Waals surface area contributed by atoms with Gasteiger partial charge in [0.1, 0.15) is 5.00 Å². The zero-order chi connectivity index (χ0) is 24.7. The number of ether oxygens (including phenoxy) is 4. The third-order valence-electron chi connectivity index (χ3n) is 4.54. The van der Waals surface area contributed by atoms with Crippen LogP contribution >= 0.6 is 11.3 Å². The average molecular weight is 479 g/mol. The quantitative estimate of drug-likeness (QED) is 0.515. The summed E-state index contributed by atoms with van der Waals surface area (Å²) in [5, 5.41) is 2.96. The monoisotopic (exact) mass is 478 g/mol. The van der Waals surface area contributed by atoms with Crippen molar-refractivity contribution in [3.63, 3.8) is 0 Å². The molecular formula is C23H30N2O7S. The second kappa shape index (κ2) is 11.6. The summed E-state index contributed by atoms with van der Waals surface area (Å²) in [5.74, 6) is -0.270. The summed E-state index contributed by atoms with van der Waals surface area (Å²) in [4.78, 5) is 39.9. The Morgan fingerprint density at radius 3 is 1.97 bits per heavy atom. The van der Waals surface area contributed by atoms with E-state index in [0.29, 0.717) is 47.5 Å². The summed E-state index contributed by atoms with van der Waals surface area (Å²) >= 11 is 1.02. The number of methoxy groups -OCH3 is 1. The molecular weight excluding hydrogens is 448 g/mol. The van der Waals surface area contributed by atoms with E-state index in [9.17, 15) is 14.4 Å². The summed E-state index contributed by atoms with van der Waals surface area (Å²) < 4.78 is 21.9. The molecule has 0 saturated heterocycles. The Morgan fingerprint density at radius 2 is 1.52 bits per heavy atom. The highest BCUT2D eigenvalue weighted by Gasteiger charge is 2.28. The predicted molar refractivity (Wildman–Crippen MR) is 126 cm³/mol. The van der Waals surface area contributed by atoms with Gasteiger partial charge in [0.05, 0.1) is 37.4 Å². The first-order valence-electron chi connectivity index (χ1n) is 10.5. The fourth-order valence-electron chi connectivity index (χ4n) is 3.05. The number of thiophene rings is 1. The van der Waals surface area contributed by atoms with Gasteiger partial charge in [-0.15, -0.1) is 11.3 Å². The molecule has 0 saturated carbocycles. The summed E-state index contributed by atoms with van der Waals surface area (Å²) in [5.41, 5.74) is 0.826. The maximum Gasteiger partial charge on any atom is 0.341 e. The number of nitrogens with one attached hydrogen (secondary N) is 1. The molecule has 2 amide bonds. The molecule has 0 aliphatic heterocycles. The van der Waals surface area contributed by atoms with E-state index >= 15 is 0 Å². The van der Waals surface area contributed by atoms with Crippen LogP contribution in [0.1, 0.15) is 56.7 Å². The van der Waals surface area contributed by atoms with Crippen LogP contribution in [0.15, 0.2) is 12.1 Å². The number of esters is 1. The largest absolute Gasteiger partial charge is 0.490 e. The molecule has 0 bridgehead atoms. The van der Waals surface area contributed by atoms with E-state index in [4.69, 9.17) is 18.9 Å². The summed E-state index contributed by atoms with van der Waals surface area (Å²) in [6.45, 7) is 8.25. The van der Waals surface area contributed by atoms with Crippen molar-refractivity contribution in [3.05, 3.63) is 33.7 Å². The van der Waals surface area contributed by atoms with E-state index in [0.717, 1.165) is 11.3 Å². The Morgan fingerprint density at radius 1 is 0.970 bits per heavy atom. The van der Waals surface area contributed by atoms with E-state index in [-0.39, 0.29) is 22.0 Å². The Hall–Kier alpha value is -3.27. The molecule has 180 valence electrons. The molecule has 1 N–H and O–H groups in total. The lowest BCUT2D eigenvalue weighted by molar-refractivity contribution is 0.0601. The highest BCUT2D eigenvalue weighted by atomic mass is 32.1. The van der Waals surface area contributed by atoms with Gasteiger partial charge in [-0.25, -0.2) is 4.79 Å². The zero-order valence-corrected chi connectivity index (χ0v) is 20.8. The first-order chi connectivity index (χ1) is 15.7. The number of carbonyl (C=O) groups is 3. The number of amides is 2. The van der Waals surface area contributed by atoms with Gasteiger partial charge in [0.2, 0.25) is 5.75 Å². The van der Waals surface area contributed by atoms with Crippen molar-refractivity contribution >= 4 is 34.1 Å². The zero-order valence-electron chi connectivity index (χ0n) is 20.0. The number of hydrogen-bond donors (Lipinski definition) is 1. The third kappa shape index (κ3) is 5.75. The third-order valence-corrected chi connectivity index (χ3v) is 5.73. The van der Waals surface area contributed by atoms with Crippen LogP contribution < -0.4 is 19.5 Å². The van der Waals surface area contributed by atoms with E-state index in [1.54, 1.807) is 33.2 Å². The van der Waals surface area contributed by atoms with Crippen LogP contribution in [0.25, 0.3) is 0 Å². The smallest absolute Gasteiger partial charge is 0.341 e. The molecule has 0 atom stereocenters. The van der Waals surface area contributed by atoms with Crippen LogP contribution in [0.4, 0.5) is 5.00 Å². The summed E-state index contributed by atoms with van der Waals surface area (Å²) in [6.07, 6.45) is 0. The fraction of sp³-hybridized carbons (Fsp3) is 0.435. The second-order valence-electron chi connectivity index (χ2n) is 7.01. The SMILES string of the molecule is CCOc1cc(C(=O)Nc2sc(C(=O)N(C)C)c(C)c2C(=O)OC)cc(OCC)c1OCC. The molecule has 9 nitrogen and oxygen atoms in total. The van der Waals surface area contributed by atoms with Gasteiger partial charge in [0.15, 0.2) is 11.5 Å².